The van der Waals surface area contributed by atoms with Crippen LogP contribution in [0, 0.1) is 0 Å². The minimum absolute atomic E-state index is 0.0968. The van der Waals surface area contributed by atoms with Crippen LogP contribution in [0.1, 0.15) is 6.23 Å². The summed E-state index contributed by atoms with van der Waals surface area (Å²) in [6.07, 6.45) is -5.20. The number of H-pyrrole nitrogens is 1. The zero-order valence-electron chi connectivity index (χ0n) is 11.5. The highest BCUT2D eigenvalue weighted by atomic mass is 16.6. The van der Waals surface area contributed by atoms with E-state index in [9.17, 15) is 19.8 Å². The Morgan fingerprint density at radius 2 is 2.05 bits per heavy atom. The van der Waals surface area contributed by atoms with Crippen molar-refractivity contribution in [2.24, 2.45) is 7.05 Å². The maximum atomic E-state index is 12.1. The van der Waals surface area contributed by atoms with Crippen LogP contribution in [-0.4, -0.2) is 59.3 Å². The number of aliphatic hydroxyl groups is 3. The Balaban J connectivity index is 2.22. The third-order valence-electron chi connectivity index (χ3n) is 3.76. The van der Waals surface area contributed by atoms with Gasteiger partial charge in [0.05, 0.1) is 6.61 Å². The molecule has 2 aromatic heterocycles. The zero-order chi connectivity index (χ0) is 16.2. The number of nitrogen functional groups attached to an aromatic ring is 1. The Hall–Kier alpha value is -2.21. The average Bonchev–Trinajstić information content (AvgIpc) is 2.95. The predicted octanol–water partition coefficient (Wildman–Crippen LogP) is -3.38. The smallest absolute Gasteiger partial charge is 0.330 e. The quantitative estimate of drug-likeness (QED) is 0.382. The van der Waals surface area contributed by atoms with Crippen LogP contribution in [0.15, 0.2) is 9.59 Å². The van der Waals surface area contributed by atoms with E-state index in [-0.39, 0.29) is 17.1 Å². The number of aromatic nitrogens is 4. The van der Waals surface area contributed by atoms with E-state index < -0.39 is 42.4 Å². The lowest BCUT2D eigenvalue weighted by atomic mass is 10.1. The Morgan fingerprint density at radius 3 is 2.64 bits per heavy atom. The Kier molecular flexibility index (Phi) is 3.29. The molecule has 22 heavy (non-hydrogen) atoms. The highest BCUT2D eigenvalue weighted by Crippen LogP contribution is 2.29. The first kappa shape index (κ1) is 14.7. The number of anilines is 1. The number of imidazole rings is 1. The molecule has 0 aliphatic carbocycles. The second kappa shape index (κ2) is 4.91. The van der Waals surface area contributed by atoms with Gasteiger partial charge in [-0.25, -0.2) is 9.36 Å². The van der Waals surface area contributed by atoms with Crippen LogP contribution >= 0.6 is 0 Å². The van der Waals surface area contributed by atoms with E-state index in [1.807, 2.05) is 0 Å². The topological polar surface area (TPSA) is 169 Å². The summed E-state index contributed by atoms with van der Waals surface area (Å²) in [6.45, 7) is -0.539. The van der Waals surface area contributed by atoms with Crippen LogP contribution in [0.3, 0.4) is 0 Å². The van der Waals surface area contributed by atoms with Crippen LogP contribution < -0.4 is 17.0 Å². The molecule has 11 heteroatoms. The van der Waals surface area contributed by atoms with E-state index in [1.165, 1.54) is 7.05 Å². The number of hydrogen-bond acceptors (Lipinski definition) is 8. The van der Waals surface area contributed by atoms with Crippen molar-refractivity contribution < 1.29 is 20.1 Å². The van der Waals surface area contributed by atoms with Crippen LogP contribution in [0.2, 0.25) is 0 Å². The van der Waals surface area contributed by atoms with Crippen molar-refractivity contribution in [3.63, 3.8) is 0 Å². The van der Waals surface area contributed by atoms with Gasteiger partial charge >= 0.3 is 5.69 Å². The highest BCUT2D eigenvalue weighted by Gasteiger charge is 2.44. The third-order valence-corrected chi connectivity index (χ3v) is 3.76. The minimum atomic E-state index is -1.47. The molecular formula is C11H15N5O6. The summed E-state index contributed by atoms with van der Waals surface area (Å²) in [7, 11) is 1.40. The van der Waals surface area contributed by atoms with E-state index in [0.717, 1.165) is 9.13 Å². The van der Waals surface area contributed by atoms with Gasteiger partial charge in [-0.2, -0.15) is 4.98 Å². The maximum Gasteiger partial charge on any atom is 0.330 e. The molecule has 120 valence electrons. The first-order valence-electron chi connectivity index (χ1n) is 6.46. The van der Waals surface area contributed by atoms with Gasteiger partial charge in [-0.05, 0) is 0 Å². The molecule has 0 amide bonds. The van der Waals surface area contributed by atoms with Crippen LogP contribution in [-0.2, 0) is 11.8 Å². The van der Waals surface area contributed by atoms with Gasteiger partial charge in [0.15, 0.2) is 17.4 Å². The fraction of sp³-hybridized carbons (Fsp3) is 0.545. The summed E-state index contributed by atoms with van der Waals surface area (Å²) in [6, 6.07) is 0. The molecule has 1 fully saturated rings. The van der Waals surface area contributed by atoms with E-state index >= 15 is 0 Å². The Labute approximate surface area is 122 Å². The maximum absolute atomic E-state index is 12.1. The molecule has 0 spiro atoms. The van der Waals surface area contributed by atoms with E-state index in [1.54, 1.807) is 0 Å². The monoisotopic (exact) mass is 313 g/mol. The summed E-state index contributed by atoms with van der Waals surface area (Å²) in [4.78, 5) is 30.4. The SMILES string of the molecule is Cn1c(N)nc2c([nH]c(=O)n2[C@@H]2O[C@H](CO)[C@@H](O)[C@H]2O)c1=O. The molecule has 4 atom stereocenters. The zero-order valence-corrected chi connectivity index (χ0v) is 11.5. The number of rotatable bonds is 2. The molecule has 6 N–H and O–H groups in total. The van der Waals surface area contributed by atoms with E-state index in [2.05, 4.69) is 9.97 Å². The number of aliphatic hydroxyl groups excluding tert-OH is 3. The van der Waals surface area contributed by atoms with Crippen molar-refractivity contribution in [1.82, 2.24) is 19.1 Å². The number of nitrogens with zero attached hydrogens (tertiary/aromatic N) is 3. The second-order valence-corrected chi connectivity index (χ2v) is 5.06. The number of hydrogen-bond donors (Lipinski definition) is 5. The van der Waals surface area contributed by atoms with Gasteiger partial charge in [0.25, 0.3) is 5.56 Å². The largest absolute Gasteiger partial charge is 0.394 e. The van der Waals surface area contributed by atoms with Crippen LogP contribution in [0.5, 0.6) is 0 Å². The summed E-state index contributed by atoms with van der Waals surface area (Å²) in [5, 5.41) is 28.9. The first-order valence-corrected chi connectivity index (χ1v) is 6.46. The van der Waals surface area contributed by atoms with Gasteiger partial charge in [0.1, 0.15) is 18.3 Å². The van der Waals surface area contributed by atoms with Crippen molar-refractivity contribution in [1.29, 1.82) is 0 Å². The van der Waals surface area contributed by atoms with Crippen molar-refractivity contribution in [3.8, 4) is 0 Å². The van der Waals surface area contributed by atoms with Gasteiger partial charge < -0.3 is 25.8 Å². The number of nitrogens with two attached hydrogens (primary N) is 1. The van der Waals surface area contributed by atoms with Gasteiger partial charge in [0, 0.05) is 7.05 Å². The normalized spacial score (nSPS) is 28.5. The predicted molar refractivity (Wildman–Crippen MR) is 73.0 cm³/mol. The highest BCUT2D eigenvalue weighted by molar-refractivity contribution is 5.70. The second-order valence-electron chi connectivity index (χ2n) is 5.06. The third kappa shape index (κ3) is 1.87. The van der Waals surface area contributed by atoms with Crippen LogP contribution in [0.25, 0.3) is 11.2 Å². The number of fused-ring (bicyclic) bond motifs is 1. The molecule has 1 saturated heterocycles. The van der Waals surface area contributed by atoms with Gasteiger partial charge in [-0.1, -0.05) is 0 Å². The molecule has 0 aromatic carbocycles. The molecule has 11 nitrogen and oxygen atoms in total. The van der Waals surface area contributed by atoms with Crippen molar-refractivity contribution >= 4 is 17.1 Å². The van der Waals surface area contributed by atoms with E-state index in [4.69, 9.17) is 15.6 Å². The lowest BCUT2D eigenvalue weighted by molar-refractivity contribution is -0.0524. The molecule has 3 heterocycles. The lowest BCUT2D eigenvalue weighted by Gasteiger charge is -2.15. The first-order chi connectivity index (χ1) is 10.4. The fourth-order valence-electron chi connectivity index (χ4n) is 2.48. The van der Waals surface area contributed by atoms with Crippen molar-refractivity contribution in [2.75, 3.05) is 12.3 Å². The Bertz CT molecular complexity index is 838. The molecule has 0 saturated carbocycles. The molecule has 0 bridgehead atoms. The molecule has 1 aliphatic rings. The summed E-state index contributed by atoms with van der Waals surface area (Å²) < 4.78 is 7.24. The van der Waals surface area contributed by atoms with Gasteiger partial charge in [-0.15, -0.1) is 0 Å². The molecule has 2 aromatic rings. The molecule has 0 radical (unpaired) electrons. The summed E-state index contributed by atoms with van der Waals surface area (Å²) in [5.41, 5.74) is 4.10. The standard InChI is InChI=1S/C11H15N5O6/c1-15-8(20)4-7(14-10(15)12)16(11(21)13-4)9-6(19)5(18)3(2-17)22-9/h3,5-6,9,17-19H,2H2,1H3,(H2,12,14)(H,13,21)/t3-,5-,6-,9-/m1/s1. The number of nitrogens with one attached hydrogen (secondary N) is 1. The minimum Gasteiger partial charge on any atom is -0.394 e. The molecule has 3 rings (SSSR count). The summed E-state index contributed by atoms with van der Waals surface area (Å²) in [5.74, 6) is -0.128. The number of aromatic amines is 1. The van der Waals surface area contributed by atoms with Crippen molar-refractivity contribution in [3.05, 3.63) is 20.8 Å². The van der Waals surface area contributed by atoms with Crippen LogP contribution in [0.4, 0.5) is 5.95 Å². The van der Waals surface area contributed by atoms with Gasteiger partial charge in [-0.3, -0.25) is 14.3 Å². The molecule has 0 unspecified atom stereocenters. The average molecular weight is 313 g/mol. The van der Waals surface area contributed by atoms with Gasteiger partial charge in [0.2, 0.25) is 5.95 Å². The number of ether oxygens (including phenoxy) is 1. The Morgan fingerprint density at radius 1 is 1.36 bits per heavy atom. The van der Waals surface area contributed by atoms with Crippen molar-refractivity contribution in [2.45, 2.75) is 24.5 Å². The fourth-order valence-corrected chi connectivity index (χ4v) is 2.48. The summed E-state index contributed by atoms with van der Waals surface area (Å²) >= 11 is 0. The van der Waals surface area contributed by atoms with E-state index in [0.29, 0.717) is 0 Å². The lowest BCUT2D eigenvalue weighted by Crippen LogP contribution is -2.35. The molecule has 1 aliphatic heterocycles. The molecular weight excluding hydrogens is 298 g/mol.